The molecule has 4 rings (SSSR count). The normalized spacial score (nSPS) is 32.2. The molecule has 3 fully saturated rings. The number of nitrogens with zero attached hydrogens (tertiary/aromatic N) is 2. The first-order chi connectivity index (χ1) is 12.5. The van der Waals surface area contributed by atoms with Gasteiger partial charge in [0.05, 0.1) is 38.0 Å². The molecule has 1 amide bonds. The average Bonchev–Trinajstić information content (AvgIpc) is 3.30. The van der Waals surface area contributed by atoms with Crippen LogP contribution in [0.2, 0.25) is 0 Å². The lowest BCUT2D eigenvalue weighted by Crippen LogP contribution is -2.40. The summed E-state index contributed by atoms with van der Waals surface area (Å²) in [5.74, 6) is 2.17. The summed E-state index contributed by atoms with van der Waals surface area (Å²) < 4.78 is 17.1. The van der Waals surface area contributed by atoms with Crippen LogP contribution in [0.4, 0.5) is 0 Å². The van der Waals surface area contributed by atoms with Crippen LogP contribution in [-0.4, -0.2) is 75.4 Å². The van der Waals surface area contributed by atoms with E-state index in [1.807, 2.05) is 11.0 Å². The molecular formula is C20H28N2O4. The highest BCUT2D eigenvalue weighted by Crippen LogP contribution is 2.55. The Hall–Kier alpha value is -1.79. The SMILES string of the molecule is COc1ccc(OC)c(C(=O)N2C[C@@H]3[C@H](CN(C)C)[C@H]4CC[C@]3(C2)O4)c1. The van der Waals surface area contributed by atoms with E-state index in [4.69, 9.17) is 14.2 Å². The number of methoxy groups -OCH3 is 2. The van der Waals surface area contributed by atoms with Gasteiger partial charge >= 0.3 is 0 Å². The van der Waals surface area contributed by atoms with Gasteiger partial charge in [-0.2, -0.15) is 0 Å². The zero-order valence-electron chi connectivity index (χ0n) is 16.0. The standard InChI is InChI=1S/C20H28N2O4/c1-21(2)10-15-16-11-22(12-20(16)8-7-18(15)26-20)19(23)14-9-13(24-3)5-6-17(14)25-4/h5-6,9,15-16,18H,7-8,10-12H2,1-4H3/t15-,16+,18+,20+/m0/s1. The number of likely N-dealkylation sites (tertiary alicyclic amines) is 1. The first-order valence-electron chi connectivity index (χ1n) is 9.31. The van der Waals surface area contributed by atoms with E-state index in [1.165, 1.54) is 0 Å². The van der Waals surface area contributed by atoms with Gasteiger partial charge in [-0.3, -0.25) is 4.79 Å². The second-order valence-electron chi connectivity index (χ2n) is 8.04. The van der Waals surface area contributed by atoms with Crippen molar-refractivity contribution in [2.45, 2.75) is 24.5 Å². The fourth-order valence-electron chi connectivity index (χ4n) is 5.16. The third kappa shape index (κ3) is 2.67. The van der Waals surface area contributed by atoms with Crippen molar-refractivity contribution in [2.24, 2.45) is 11.8 Å². The quantitative estimate of drug-likeness (QED) is 0.803. The molecule has 26 heavy (non-hydrogen) atoms. The highest BCUT2D eigenvalue weighted by atomic mass is 16.5. The molecule has 0 saturated carbocycles. The van der Waals surface area contributed by atoms with Gasteiger partial charge < -0.3 is 24.0 Å². The van der Waals surface area contributed by atoms with Gasteiger partial charge in [0.1, 0.15) is 11.5 Å². The average molecular weight is 360 g/mol. The van der Waals surface area contributed by atoms with E-state index in [0.29, 0.717) is 41.5 Å². The van der Waals surface area contributed by atoms with Gasteiger partial charge in [0.25, 0.3) is 5.91 Å². The molecule has 0 aromatic heterocycles. The van der Waals surface area contributed by atoms with Crippen LogP contribution in [0.3, 0.4) is 0 Å². The van der Waals surface area contributed by atoms with Gasteiger partial charge in [-0.05, 0) is 45.1 Å². The minimum atomic E-state index is -0.146. The van der Waals surface area contributed by atoms with Crippen molar-refractivity contribution in [1.82, 2.24) is 9.80 Å². The summed E-state index contributed by atoms with van der Waals surface area (Å²) in [4.78, 5) is 17.4. The largest absolute Gasteiger partial charge is 0.497 e. The molecule has 2 bridgehead atoms. The third-order valence-electron chi connectivity index (χ3n) is 6.28. The molecule has 0 aliphatic carbocycles. The molecule has 1 aromatic rings. The van der Waals surface area contributed by atoms with E-state index < -0.39 is 0 Å². The van der Waals surface area contributed by atoms with Gasteiger partial charge in [0.2, 0.25) is 0 Å². The predicted octanol–water partition coefficient (Wildman–Crippen LogP) is 1.88. The molecule has 0 unspecified atom stereocenters. The first kappa shape index (κ1) is 17.6. The van der Waals surface area contributed by atoms with Crippen molar-refractivity contribution >= 4 is 5.91 Å². The molecule has 1 spiro atoms. The van der Waals surface area contributed by atoms with E-state index in [0.717, 1.165) is 25.9 Å². The second-order valence-corrected chi connectivity index (χ2v) is 8.04. The summed E-state index contributed by atoms with van der Waals surface area (Å²) in [6.45, 7) is 2.45. The van der Waals surface area contributed by atoms with E-state index in [2.05, 4.69) is 19.0 Å². The van der Waals surface area contributed by atoms with Crippen molar-refractivity contribution in [3.05, 3.63) is 23.8 Å². The smallest absolute Gasteiger partial charge is 0.257 e. The Morgan fingerprint density at radius 3 is 2.85 bits per heavy atom. The Balaban J connectivity index is 1.58. The maximum absolute atomic E-state index is 13.3. The van der Waals surface area contributed by atoms with Gasteiger partial charge in [-0.25, -0.2) is 0 Å². The monoisotopic (exact) mass is 360 g/mol. The summed E-state index contributed by atoms with van der Waals surface area (Å²) >= 11 is 0. The number of hydrogen-bond acceptors (Lipinski definition) is 5. The number of amides is 1. The molecule has 4 atom stereocenters. The molecule has 3 saturated heterocycles. The van der Waals surface area contributed by atoms with Crippen LogP contribution in [0.15, 0.2) is 18.2 Å². The molecule has 3 heterocycles. The number of benzene rings is 1. The van der Waals surface area contributed by atoms with Gasteiger partial charge in [-0.15, -0.1) is 0 Å². The number of fused-ring (bicyclic) bond motifs is 1. The lowest BCUT2D eigenvalue weighted by molar-refractivity contribution is 0.00253. The molecule has 6 nitrogen and oxygen atoms in total. The summed E-state index contributed by atoms with van der Waals surface area (Å²) in [7, 11) is 7.41. The van der Waals surface area contributed by atoms with Crippen molar-refractivity contribution in [2.75, 3.05) is 47.9 Å². The molecule has 6 heteroatoms. The minimum Gasteiger partial charge on any atom is -0.497 e. The van der Waals surface area contributed by atoms with E-state index in [-0.39, 0.29) is 11.5 Å². The van der Waals surface area contributed by atoms with E-state index in [9.17, 15) is 4.79 Å². The summed E-state index contributed by atoms with van der Waals surface area (Å²) in [5, 5.41) is 0. The zero-order chi connectivity index (χ0) is 18.5. The van der Waals surface area contributed by atoms with Gasteiger partial charge in [-0.1, -0.05) is 0 Å². The number of carbonyl (C=O) groups is 1. The Morgan fingerprint density at radius 1 is 1.35 bits per heavy atom. The summed E-state index contributed by atoms with van der Waals surface area (Å²) in [5.41, 5.74) is 0.412. The van der Waals surface area contributed by atoms with Crippen LogP contribution < -0.4 is 9.47 Å². The fourth-order valence-corrected chi connectivity index (χ4v) is 5.16. The maximum atomic E-state index is 13.3. The van der Waals surface area contributed by atoms with Crippen LogP contribution in [-0.2, 0) is 4.74 Å². The van der Waals surface area contributed by atoms with Crippen molar-refractivity contribution in [1.29, 1.82) is 0 Å². The van der Waals surface area contributed by atoms with Gasteiger partial charge in [0, 0.05) is 24.9 Å². The Morgan fingerprint density at radius 2 is 2.15 bits per heavy atom. The molecule has 0 N–H and O–H groups in total. The minimum absolute atomic E-state index is 0.000165. The highest BCUT2D eigenvalue weighted by Gasteiger charge is 2.63. The topological polar surface area (TPSA) is 51.2 Å². The molecule has 3 aliphatic heterocycles. The molecular weight excluding hydrogens is 332 g/mol. The predicted molar refractivity (Wildman–Crippen MR) is 97.8 cm³/mol. The molecule has 0 radical (unpaired) electrons. The molecule has 142 valence electrons. The van der Waals surface area contributed by atoms with Crippen LogP contribution in [0.25, 0.3) is 0 Å². The molecule has 1 aromatic carbocycles. The van der Waals surface area contributed by atoms with Gasteiger partial charge in [0.15, 0.2) is 0 Å². The number of hydrogen-bond donors (Lipinski definition) is 0. The number of ether oxygens (including phenoxy) is 3. The van der Waals surface area contributed by atoms with Crippen molar-refractivity contribution in [3.8, 4) is 11.5 Å². The number of carbonyl (C=O) groups excluding carboxylic acids is 1. The van der Waals surface area contributed by atoms with E-state index in [1.54, 1.807) is 26.4 Å². The lowest BCUT2D eigenvalue weighted by Gasteiger charge is -2.30. The summed E-state index contributed by atoms with van der Waals surface area (Å²) in [6.07, 6.45) is 2.52. The first-order valence-corrected chi connectivity index (χ1v) is 9.31. The van der Waals surface area contributed by atoms with Crippen LogP contribution in [0, 0.1) is 11.8 Å². The Bertz CT molecular complexity index is 707. The third-order valence-corrected chi connectivity index (χ3v) is 6.28. The van der Waals surface area contributed by atoms with Crippen LogP contribution >= 0.6 is 0 Å². The Kier molecular flexibility index (Phi) is 4.35. The molecule has 3 aliphatic rings. The lowest BCUT2D eigenvalue weighted by atomic mass is 9.73. The zero-order valence-corrected chi connectivity index (χ0v) is 16.0. The highest BCUT2D eigenvalue weighted by molar-refractivity contribution is 5.97. The fraction of sp³-hybridized carbons (Fsp3) is 0.650. The number of rotatable bonds is 5. The second kappa shape index (κ2) is 6.43. The summed E-state index contributed by atoms with van der Waals surface area (Å²) in [6, 6.07) is 5.37. The Labute approximate surface area is 155 Å². The van der Waals surface area contributed by atoms with Crippen molar-refractivity contribution < 1.29 is 19.0 Å². The van der Waals surface area contributed by atoms with Crippen LogP contribution in [0.5, 0.6) is 11.5 Å². The van der Waals surface area contributed by atoms with Crippen LogP contribution in [0.1, 0.15) is 23.2 Å². The van der Waals surface area contributed by atoms with E-state index >= 15 is 0 Å². The van der Waals surface area contributed by atoms with Crippen molar-refractivity contribution in [3.63, 3.8) is 0 Å². The maximum Gasteiger partial charge on any atom is 0.257 e.